The zero-order valence-corrected chi connectivity index (χ0v) is 10.3. The van der Waals surface area contributed by atoms with E-state index in [-0.39, 0.29) is 17.9 Å². The monoisotopic (exact) mass is 267 g/mol. The molecule has 0 aliphatic carbocycles. The van der Waals surface area contributed by atoms with Crippen molar-refractivity contribution in [2.75, 3.05) is 13.2 Å². The van der Waals surface area contributed by atoms with Gasteiger partial charge in [0, 0.05) is 17.5 Å². The fourth-order valence-electron chi connectivity index (χ4n) is 1.78. The van der Waals surface area contributed by atoms with Crippen LogP contribution in [0.1, 0.15) is 16.1 Å². The molecule has 0 aliphatic heterocycles. The molecular weight excluding hydrogens is 253 g/mol. The highest BCUT2D eigenvalue weighted by Crippen LogP contribution is 2.27. The van der Waals surface area contributed by atoms with Crippen LogP contribution in [0.15, 0.2) is 22.6 Å². The lowest BCUT2D eigenvalue weighted by atomic mass is 10.1. The molecule has 102 valence electrons. The molecule has 1 aromatic carbocycles. The van der Waals surface area contributed by atoms with E-state index in [1.807, 2.05) is 0 Å². The minimum atomic E-state index is -1.04. The van der Waals surface area contributed by atoms with Gasteiger partial charge in [0.1, 0.15) is 0 Å². The molecule has 3 N–H and O–H groups in total. The molecule has 0 saturated carbocycles. The van der Waals surface area contributed by atoms with E-state index in [2.05, 4.69) is 5.32 Å². The van der Waals surface area contributed by atoms with E-state index >= 15 is 0 Å². The first-order chi connectivity index (χ1) is 9.04. The zero-order valence-electron chi connectivity index (χ0n) is 10.3. The van der Waals surface area contributed by atoms with Crippen LogP contribution in [-0.4, -0.2) is 35.4 Å². The van der Waals surface area contributed by atoms with Gasteiger partial charge in [-0.3, -0.25) is 4.79 Å². The molecule has 2 aromatic rings. The molecule has 0 radical (unpaired) electrons. The van der Waals surface area contributed by atoms with E-state index in [1.165, 1.54) is 12.1 Å². The number of aliphatic hydroxyl groups is 2. The third-order valence-corrected chi connectivity index (χ3v) is 2.83. The Morgan fingerprint density at radius 2 is 2.26 bits per heavy atom. The van der Waals surface area contributed by atoms with Gasteiger partial charge in [-0.15, -0.1) is 0 Å². The van der Waals surface area contributed by atoms with Gasteiger partial charge < -0.3 is 19.9 Å². The lowest BCUT2D eigenvalue weighted by Gasteiger charge is -2.07. The number of rotatable bonds is 4. The average molecular weight is 267 g/mol. The summed E-state index contributed by atoms with van der Waals surface area (Å²) in [7, 11) is 0. The van der Waals surface area contributed by atoms with Crippen molar-refractivity contribution in [2.45, 2.75) is 13.0 Å². The highest BCUT2D eigenvalue weighted by molar-refractivity contribution is 5.99. The number of benzene rings is 1. The second-order valence-corrected chi connectivity index (χ2v) is 4.22. The molecule has 1 unspecified atom stereocenters. The molecule has 0 saturated heterocycles. The number of nitrogens with one attached hydrogen (secondary N) is 1. The first kappa shape index (κ1) is 13.5. The van der Waals surface area contributed by atoms with Crippen molar-refractivity contribution in [1.29, 1.82) is 0 Å². The van der Waals surface area contributed by atoms with E-state index in [0.717, 1.165) is 0 Å². The molecule has 1 atom stereocenters. The highest BCUT2D eigenvalue weighted by atomic mass is 19.1. The number of para-hydroxylation sites is 1. The van der Waals surface area contributed by atoms with Crippen molar-refractivity contribution < 1.29 is 23.8 Å². The number of carbonyl (C=O) groups excluding carboxylic acids is 1. The normalized spacial score (nSPS) is 12.6. The summed E-state index contributed by atoms with van der Waals surface area (Å²) in [6.45, 7) is 1.10. The second kappa shape index (κ2) is 5.38. The van der Waals surface area contributed by atoms with Crippen LogP contribution >= 0.6 is 0 Å². The topological polar surface area (TPSA) is 82.7 Å². The van der Waals surface area contributed by atoms with Gasteiger partial charge in [0.25, 0.3) is 5.91 Å². The number of hydrogen-bond donors (Lipinski definition) is 3. The third-order valence-electron chi connectivity index (χ3n) is 2.83. The largest absolute Gasteiger partial charge is 0.448 e. The number of hydrogen-bond acceptors (Lipinski definition) is 4. The summed E-state index contributed by atoms with van der Waals surface area (Å²) >= 11 is 0. The molecule has 1 aromatic heterocycles. The molecule has 5 nitrogen and oxygen atoms in total. The molecule has 1 amide bonds. The number of furan rings is 1. The molecule has 0 aliphatic rings. The predicted molar refractivity (Wildman–Crippen MR) is 66.3 cm³/mol. The smallest absolute Gasteiger partial charge is 0.287 e. The quantitative estimate of drug-likeness (QED) is 0.770. The van der Waals surface area contributed by atoms with Gasteiger partial charge in [0.15, 0.2) is 17.2 Å². The van der Waals surface area contributed by atoms with Crippen molar-refractivity contribution in [2.24, 2.45) is 0 Å². The van der Waals surface area contributed by atoms with Crippen molar-refractivity contribution in [3.63, 3.8) is 0 Å². The fraction of sp³-hybridized carbons (Fsp3) is 0.308. The van der Waals surface area contributed by atoms with E-state index < -0.39 is 24.4 Å². The second-order valence-electron chi connectivity index (χ2n) is 4.22. The minimum absolute atomic E-state index is 0.00485. The van der Waals surface area contributed by atoms with Gasteiger partial charge in [0.05, 0.1) is 12.7 Å². The molecule has 19 heavy (non-hydrogen) atoms. The Kier molecular flexibility index (Phi) is 3.82. The van der Waals surface area contributed by atoms with Crippen molar-refractivity contribution >= 4 is 16.9 Å². The minimum Gasteiger partial charge on any atom is -0.448 e. The maximum atomic E-state index is 13.5. The van der Waals surface area contributed by atoms with Crippen molar-refractivity contribution in [3.8, 4) is 0 Å². The Morgan fingerprint density at radius 1 is 1.53 bits per heavy atom. The van der Waals surface area contributed by atoms with Crippen molar-refractivity contribution in [3.05, 3.63) is 35.3 Å². The number of aliphatic hydroxyl groups excluding tert-OH is 2. The van der Waals surface area contributed by atoms with Crippen LogP contribution < -0.4 is 5.32 Å². The maximum absolute atomic E-state index is 13.5. The SMILES string of the molecule is Cc1c(C(=O)NCC(O)CO)oc2c(F)cccc12. The van der Waals surface area contributed by atoms with Crippen LogP contribution in [-0.2, 0) is 0 Å². The summed E-state index contributed by atoms with van der Waals surface area (Å²) < 4.78 is 18.7. The van der Waals surface area contributed by atoms with Crippen LogP contribution in [0.2, 0.25) is 0 Å². The zero-order chi connectivity index (χ0) is 14.0. The summed E-state index contributed by atoms with van der Waals surface area (Å²) in [5.74, 6) is -1.08. The summed E-state index contributed by atoms with van der Waals surface area (Å²) in [5, 5.41) is 20.7. The summed E-state index contributed by atoms with van der Waals surface area (Å²) in [4.78, 5) is 11.8. The molecule has 2 rings (SSSR count). The first-order valence-electron chi connectivity index (χ1n) is 5.79. The molecule has 1 heterocycles. The fourth-order valence-corrected chi connectivity index (χ4v) is 1.78. The number of carbonyl (C=O) groups is 1. The van der Waals surface area contributed by atoms with E-state index in [9.17, 15) is 9.18 Å². The van der Waals surface area contributed by atoms with Gasteiger partial charge >= 0.3 is 0 Å². The average Bonchev–Trinajstić information content (AvgIpc) is 2.75. The highest BCUT2D eigenvalue weighted by Gasteiger charge is 2.19. The summed E-state index contributed by atoms with van der Waals surface area (Å²) in [6.07, 6.45) is -1.04. The number of amides is 1. The Hall–Kier alpha value is -1.92. The van der Waals surface area contributed by atoms with Crippen LogP contribution in [0.3, 0.4) is 0 Å². The van der Waals surface area contributed by atoms with Gasteiger partial charge in [-0.1, -0.05) is 12.1 Å². The van der Waals surface area contributed by atoms with Crippen LogP contribution in [0.5, 0.6) is 0 Å². The Morgan fingerprint density at radius 3 is 2.89 bits per heavy atom. The van der Waals surface area contributed by atoms with Crippen LogP contribution in [0.25, 0.3) is 11.0 Å². The van der Waals surface area contributed by atoms with Gasteiger partial charge in [-0.2, -0.15) is 0 Å². The predicted octanol–water partition coefficient (Wildman–Crippen LogP) is 0.963. The van der Waals surface area contributed by atoms with Gasteiger partial charge in [-0.25, -0.2) is 4.39 Å². The Labute approximate surface area is 108 Å². The van der Waals surface area contributed by atoms with Gasteiger partial charge in [0.2, 0.25) is 0 Å². The summed E-state index contributed by atoms with van der Waals surface area (Å²) in [5.41, 5.74) is 0.568. The third kappa shape index (κ3) is 2.59. The molecule has 0 bridgehead atoms. The lowest BCUT2D eigenvalue weighted by Crippen LogP contribution is -2.33. The molecule has 0 fully saturated rings. The molecular formula is C13H14FNO4. The van der Waals surface area contributed by atoms with Crippen LogP contribution in [0, 0.1) is 12.7 Å². The lowest BCUT2D eigenvalue weighted by molar-refractivity contribution is 0.0785. The van der Waals surface area contributed by atoms with E-state index in [4.69, 9.17) is 14.6 Å². The van der Waals surface area contributed by atoms with E-state index in [0.29, 0.717) is 10.9 Å². The maximum Gasteiger partial charge on any atom is 0.287 e. The van der Waals surface area contributed by atoms with Crippen LogP contribution in [0.4, 0.5) is 4.39 Å². The Bertz CT molecular complexity index is 608. The first-order valence-corrected chi connectivity index (χ1v) is 5.79. The number of halogens is 1. The summed E-state index contributed by atoms with van der Waals surface area (Å²) in [6, 6.07) is 4.45. The van der Waals surface area contributed by atoms with Gasteiger partial charge in [-0.05, 0) is 13.0 Å². The molecule has 0 spiro atoms. The Balaban J connectivity index is 2.28. The molecule has 6 heteroatoms. The number of aryl methyl sites for hydroxylation is 1. The van der Waals surface area contributed by atoms with Crippen molar-refractivity contribution in [1.82, 2.24) is 5.32 Å². The number of fused-ring (bicyclic) bond motifs is 1. The standard InChI is InChI=1S/C13H14FNO4/c1-7-9-3-2-4-10(14)12(9)19-11(7)13(18)15-5-8(17)6-16/h2-4,8,16-17H,5-6H2,1H3,(H,15,18). The van der Waals surface area contributed by atoms with E-state index in [1.54, 1.807) is 13.0 Å².